The molecule has 0 saturated carbocycles. The van der Waals surface area contributed by atoms with Crippen LogP contribution in [0, 0.1) is 6.92 Å². The predicted octanol–water partition coefficient (Wildman–Crippen LogP) is 1.91. The minimum absolute atomic E-state index is 0.0159. The number of aliphatic imine (C=N–C) groups is 1. The van der Waals surface area contributed by atoms with Crippen LogP contribution in [-0.4, -0.2) is 60.3 Å². The third kappa shape index (κ3) is 3.42. The summed E-state index contributed by atoms with van der Waals surface area (Å²) in [5.41, 5.74) is 2.58. The highest BCUT2D eigenvalue weighted by Gasteiger charge is 2.42. The van der Waals surface area contributed by atoms with E-state index in [4.69, 9.17) is 0 Å². The molecule has 0 aliphatic carbocycles. The van der Waals surface area contributed by atoms with E-state index < -0.39 is 9.84 Å². The molecule has 3 aliphatic heterocycles. The van der Waals surface area contributed by atoms with Crippen LogP contribution in [0.5, 0.6) is 0 Å². The van der Waals surface area contributed by atoms with E-state index in [2.05, 4.69) is 10.3 Å². The SMILES string of the molecule is Cc1ccc(C(=O)N2CCCC2)cc1NC1=NC2CS(=O)(=O)CC2S1. The number of fused-ring (bicyclic) bond motifs is 1. The molecule has 0 bridgehead atoms. The molecule has 0 aromatic heterocycles. The van der Waals surface area contributed by atoms with Gasteiger partial charge in [-0.3, -0.25) is 9.79 Å². The fourth-order valence-corrected chi connectivity index (χ4v) is 7.19. The number of rotatable bonds is 2. The number of amides is 1. The molecule has 2 unspecified atom stereocenters. The maximum atomic E-state index is 12.6. The Balaban J connectivity index is 1.51. The van der Waals surface area contributed by atoms with Crippen LogP contribution >= 0.6 is 11.8 Å². The second-order valence-electron chi connectivity index (χ2n) is 6.89. The summed E-state index contributed by atoms with van der Waals surface area (Å²) in [7, 11) is -2.94. The van der Waals surface area contributed by atoms with Crippen molar-refractivity contribution in [2.45, 2.75) is 31.1 Å². The van der Waals surface area contributed by atoms with Gasteiger partial charge < -0.3 is 10.2 Å². The molecule has 0 spiro atoms. The number of anilines is 1. The Hall–Kier alpha value is -1.54. The van der Waals surface area contributed by atoms with Gasteiger partial charge in [-0.2, -0.15) is 0 Å². The van der Waals surface area contributed by atoms with Crippen LogP contribution in [-0.2, 0) is 9.84 Å². The predicted molar refractivity (Wildman–Crippen MR) is 101 cm³/mol. The number of carbonyl (C=O) groups is 1. The molecular formula is C17H21N3O3S2. The van der Waals surface area contributed by atoms with Crippen molar-refractivity contribution >= 4 is 38.4 Å². The standard InChI is InChI=1S/C17H21N3O3S2/c1-11-4-5-12(16(21)20-6-2-3-7-20)8-13(11)18-17-19-14-9-25(22,23)10-15(14)24-17/h4-5,8,14-15H,2-3,6-7,9-10H2,1H3,(H,18,19). The molecule has 1 N–H and O–H groups in total. The van der Waals surface area contributed by atoms with Gasteiger partial charge >= 0.3 is 0 Å². The largest absolute Gasteiger partial charge is 0.339 e. The molecule has 3 aliphatic rings. The molecule has 2 atom stereocenters. The second-order valence-corrected chi connectivity index (χ2v) is 10.3. The van der Waals surface area contributed by atoms with Crippen molar-refractivity contribution < 1.29 is 13.2 Å². The van der Waals surface area contributed by atoms with Crippen LogP contribution in [0.1, 0.15) is 28.8 Å². The molecule has 2 fully saturated rings. The van der Waals surface area contributed by atoms with Gasteiger partial charge in [-0.1, -0.05) is 17.8 Å². The Morgan fingerprint density at radius 1 is 1.28 bits per heavy atom. The number of hydrogen-bond acceptors (Lipinski definition) is 6. The number of likely N-dealkylation sites (tertiary alicyclic amines) is 1. The monoisotopic (exact) mass is 379 g/mol. The van der Waals surface area contributed by atoms with E-state index >= 15 is 0 Å². The first-order valence-electron chi connectivity index (χ1n) is 8.53. The minimum atomic E-state index is -2.94. The summed E-state index contributed by atoms with van der Waals surface area (Å²) in [6.07, 6.45) is 2.14. The van der Waals surface area contributed by atoms with E-state index in [0.29, 0.717) is 5.56 Å². The number of benzene rings is 1. The average molecular weight is 380 g/mol. The summed E-state index contributed by atoms with van der Waals surface area (Å²) in [6.45, 7) is 3.64. The molecular weight excluding hydrogens is 358 g/mol. The summed E-state index contributed by atoms with van der Waals surface area (Å²) < 4.78 is 23.3. The van der Waals surface area contributed by atoms with E-state index in [1.54, 1.807) is 0 Å². The number of hydrogen-bond donors (Lipinski definition) is 1. The Bertz CT molecular complexity index is 845. The fraction of sp³-hybridized carbons (Fsp3) is 0.529. The Kier molecular flexibility index (Phi) is 4.27. The lowest BCUT2D eigenvalue weighted by atomic mass is 10.1. The average Bonchev–Trinajstić information content (AvgIpc) is 3.23. The van der Waals surface area contributed by atoms with Crippen LogP contribution < -0.4 is 5.32 Å². The molecule has 1 amide bonds. The molecule has 25 heavy (non-hydrogen) atoms. The number of amidine groups is 1. The molecule has 3 heterocycles. The van der Waals surface area contributed by atoms with Gasteiger partial charge in [-0.15, -0.1) is 0 Å². The zero-order chi connectivity index (χ0) is 17.6. The number of carbonyl (C=O) groups excluding carboxylic acids is 1. The van der Waals surface area contributed by atoms with Gasteiger partial charge in [0, 0.05) is 29.6 Å². The molecule has 1 aromatic carbocycles. The first-order valence-corrected chi connectivity index (χ1v) is 11.2. The maximum absolute atomic E-state index is 12.6. The van der Waals surface area contributed by atoms with E-state index in [0.717, 1.165) is 42.3 Å². The van der Waals surface area contributed by atoms with Crippen molar-refractivity contribution in [1.29, 1.82) is 0 Å². The highest BCUT2D eigenvalue weighted by Crippen LogP contribution is 2.35. The maximum Gasteiger partial charge on any atom is 0.253 e. The van der Waals surface area contributed by atoms with Crippen molar-refractivity contribution in [1.82, 2.24) is 4.90 Å². The van der Waals surface area contributed by atoms with Crippen molar-refractivity contribution in [3.63, 3.8) is 0 Å². The summed E-state index contributed by atoms with van der Waals surface area (Å²) in [5.74, 6) is 0.413. The van der Waals surface area contributed by atoms with Gasteiger partial charge in [0.1, 0.15) is 0 Å². The number of nitrogens with zero attached hydrogens (tertiary/aromatic N) is 2. The number of aryl methyl sites for hydroxylation is 1. The topological polar surface area (TPSA) is 78.8 Å². The van der Waals surface area contributed by atoms with Crippen LogP contribution in [0.2, 0.25) is 0 Å². The molecule has 6 nitrogen and oxygen atoms in total. The van der Waals surface area contributed by atoms with Gasteiger partial charge in [0.05, 0.1) is 17.5 Å². The van der Waals surface area contributed by atoms with Gasteiger partial charge in [0.15, 0.2) is 15.0 Å². The first-order chi connectivity index (χ1) is 11.9. The highest BCUT2D eigenvalue weighted by atomic mass is 32.2. The zero-order valence-electron chi connectivity index (χ0n) is 14.1. The molecule has 2 saturated heterocycles. The van der Waals surface area contributed by atoms with Crippen molar-refractivity contribution in [2.75, 3.05) is 29.9 Å². The molecule has 4 rings (SSSR count). The van der Waals surface area contributed by atoms with Crippen LogP contribution in [0.15, 0.2) is 23.2 Å². The smallest absolute Gasteiger partial charge is 0.253 e. The quantitative estimate of drug-likeness (QED) is 0.849. The lowest BCUT2D eigenvalue weighted by molar-refractivity contribution is 0.0793. The van der Waals surface area contributed by atoms with Crippen molar-refractivity contribution in [3.05, 3.63) is 29.3 Å². The molecule has 0 radical (unpaired) electrons. The van der Waals surface area contributed by atoms with E-state index in [9.17, 15) is 13.2 Å². The summed E-state index contributed by atoms with van der Waals surface area (Å²) in [6, 6.07) is 5.54. The van der Waals surface area contributed by atoms with E-state index in [-0.39, 0.29) is 28.7 Å². The number of sulfone groups is 1. The van der Waals surface area contributed by atoms with Gasteiger partial charge in [-0.25, -0.2) is 8.42 Å². The Morgan fingerprint density at radius 3 is 2.76 bits per heavy atom. The fourth-order valence-electron chi connectivity index (χ4n) is 3.52. The molecule has 134 valence electrons. The normalized spacial score (nSPS) is 27.2. The minimum Gasteiger partial charge on any atom is -0.339 e. The van der Waals surface area contributed by atoms with E-state index in [1.807, 2.05) is 30.0 Å². The molecule has 1 aromatic rings. The van der Waals surface area contributed by atoms with Gasteiger partial charge in [0.25, 0.3) is 5.91 Å². The summed E-state index contributed by atoms with van der Waals surface area (Å²) in [4.78, 5) is 19.0. The van der Waals surface area contributed by atoms with Crippen LogP contribution in [0.3, 0.4) is 0 Å². The molecule has 8 heteroatoms. The lowest BCUT2D eigenvalue weighted by Gasteiger charge is -2.17. The van der Waals surface area contributed by atoms with E-state index in [1.165, 1.54) is 11.8 Å². The first kappa shape index (κ1) is 16.9. The van der Waals surface area contributed by atoms with Gasteiger partial charge in [0.2, 0.25) is 0 Å². The number of thioether (sulfide) groups is 1. The highest BCUT2D eigenvalue weighted by molar-refractivity contribution is 8.15. The summed E-state index contributed by atoms with van der Waals surface area (Å²) >= 11 is 1.49. The van der Waals surface area contributed by atoms with Crippen molar-refractivity contribution in [3.8, 4) is 0 Å². The van der Waals surface area contributed by atoms with Crippen LogP contribution in [0.25, 0.3) is 0 Å². The Labute approximate surface area is 152 Å². The summed E-state index contributed by atoms with van der Waals surface area (Å²) in [5, 5.41) is 4.06. The van der Waals surface area contributed by atoms with Crippen molar-refractivity contribution in [2.24, 2.45) is 4.99 Å². The van der Waals surface area contributed by atoms with Crippen LogP contribution in [0.4, 0.5) is 5.69 Å². The van der Waals surface area contributed by atoms with Gasteiger partial charge in [-0.05, 0) is 37.5 Å². The zero-order valence-corrected chi connectivity index (χ0v) is 15.7. The third-order valence-corrected chi connectivity index (χ3v) is 8.08. The number of nitrogens with one attached hydrogen (secondary N) is 1. The third-order valence-electron chi connectivity index (χ3n) is 4.94. The lowest BCUT2D eigenvalue weighted by Crippen LogP contribution is -2.27. The second kappa shape index (κ2) is 6.32. The Morgan fingerprint density at radius 2 is 2.04 bits per heavy atom.